The van der Waals surface area contributed by atoms with Gasteiger partial charge < -0.3 is 16.2 Å². The highest BCUT2D eigenvalue weighted by molar-refractivity contribution is 5.77. The van der Waals surface area contributed by atoms with Gasteiger partial charge in [-0.25, -0.2) is 0 Å². The Morgan fingerprint density at radius 1 is 1.24 bits per heavy atom. The lowest BCUT2D eigenvalue weighted by Crippen LogP contribution is -2.46. The van der Waals surface area contributed by atoms with Gasteiger partial charge >= 0.3 is 5.97 Å². The maximum absolute atomic E-state index is 11.6. The van der Waals surface area contributed by atoms with Crippen molar-refractivity contribution in [2.45, 2.75) is 56.9 Å². The van der Waals surface area contributed by atoms with Crippen LogP contribution in [0, 0.1) is 0 Å². The van der Waals surface area contributed by atoms with Gasteiger partial charge in [0.15, 0.2) is 0 Å². The van der Waals surface area contributed by atoms with E-state index in [2.05, 4.69) is 5.32 Å². The van der Waals surface area contributed by atoms with Crippen molar-refractivity contribution < 1.29 is 14.7 Å². The molecule has 17 heavy (non-hydrogen) atoms. The number of nitrogens with one attached hydrogen (secondary N) is 1. The molecule has 4 N–H and O–H groups in total. The predicted octanol–water partition coefficient (Wildman–Crippen LogP) is 1.02. The predicted molar refractivity (Wildman–Crippen MR) is 64.5 cm³/mol. The topological polar surface area (TPSA) is 92.4 Å². The Balaban J connectivity index is 2.17. The molecule has 0 aromatic heterocycles. The molecule has 1 aliphatic carbocycles. The molecule has 0 radical (unpaired) electrons. The second kappa shape index (κ2) is 6.59. The highest BCUT2D eigenvalue weighted by atomic mass is 16.4. The molecule has 0 unspecified atom stereocenters. The number of hydrogen-bond acceptors (Lipinski definition) is 3. The molecule has 0 atom stereocenters. The van der Waals surface area contributed by atoms with E-state index in [1.165, 1.54) is 6.42 Å². The van der Waals surface area contributed by atoms with Crippen LogP contribution in [0.15, 0.2) is 0 Å². The Hall–Kier alpha value is -1.10. The maximum Gasteiger partial charge on any atom is 0.303 e. The minimum Gasteiger partial charge on any atom is -0.481 e. The number of rotatable bonds is 6. The van der Waals surface area contributed by atoms with Gasteiger partial charge in [-0.05, 0) is 19.3 Å². The monoisotopic (exact) mass is 242 g/mol. The Morgan fingerprint density at radius 3 is 2.47 bits per heavy atom. The first kappa shape index (κ1) is 14.0. The van der Waals surface area contributed by atoms with Crippen LogP contribution in [0.2, 0.25) is 0 Å². The Labute approximate surface area is 102 Å². The van der Waals surface area contributed by atoms with Gasteiger partial charge in [-0.15, -0.1) is 0 Å². The molecule has 1 aliphatic rings. The molecule has 1 rings (SSSR count). The smallest absolute Gasteiger partial charge is 0.303 e. The SMILES string of the molecule is NC1(CC(=O)NCCCC(=O)O)CCCCC1. The fourth-order valence-electron chi connectivity index (χ4n) is 2.28. The number of hydrogen-bond donors (Lipinski definition) is 3. The van der Waals surface area contributed by atoms with E-state index in [1.54, 1.807) is 0 Å². The van der Waals surface area contributed by atoms with Crippen molar-refractivity contribution in [2.75, 3.05) is 6.54 Å². The summed E-state index contributed by atoms with van der Waals surface area (Å²) in [6.07, 6.45) is 6.16. The quantitative estimate of drug-likeness (QED) is 0.606. The lowest BCUT2D eigenvalue weighted by Gasteiger charge is -2.32. The molecule has 0 bridgehead atoms. The molecule has 1 amide bonds. The summed E-state index contributed by atoms with van der Waals surface area (Å²) >= 11 is 0. The molecule has 5 nitrogen and oxygen atoms in total. The molecular formula is C12H22N2O3. The molecule has 5 heteroatoms. The standard InChI is InChI=1S/C12H22N2O3/c13-12(6-2-1-3-7-12)9-10(15)14-8-4-5-11(16)17/h1-9,13H2,(H,14,15)(H,16,17). The van der Waals surface area contributed by atoms with Crippen molar-refractivity contribution in [1.29, 1.82) is 0 Å². The van der Waals surface area contributed by atoms with E-state index in [4.69, 9.17) is 10.8 Å². The van der Waals surface area contributed by atoms with E-state index < -0.39 is 5.97 Å². The summed E-state index contributed by atoms with van der Waals surface area (Å²) in [5.41, 5.74) is 5.82. The van der Waals surface area contributed by atoms with Crippen LogP contribution in [0.5, 0.6) is 0 Å². The van der Waals surface area contributed by atoms with E-state index in [0.29, 0.717) is 19.4 Å². The van der Waals surface area contributed by atoms with Gasteiger partial charge in [0.25, 0.3) is 0 Å². The van der Waals surface area contributed by atoms with E-state index in [1.807, 2.05) is 0 Å². The van der Waals surface area contributed by atoms with Gasteiger partial charge in [-0.3, -0.25) is 9.59 Å². The van der Waals surface area contributed by atoms with Crippen LogP contribution < -0.4 is 11.1 Å². The zero-order valence-electron chi connectivity index (χ0n) is 10.2. The van der Waals surface area contributed by atoms with Gasteiger partial charge in [0.2, 0.25) is 5.91 Å². The zero-order chi connectivity index (χ0) is 12.7. The van der Waals surface area contributed by atoms with Gasteiger partial charge in [-0.2, -0.15) is 0 Å². The zero-order valence-corrected chi connectivity index (χ0v) is 10.2. The van der Waals surface area contributed by atoms with E-state index in [0.717, 1.165) is 25.7 Å². The van der Waals surface area contributed by atoms with Crippen molar-refractivity contribution in [3.05, 3.63) is 0 Å². The largest absolute Gasteiger partial charge is 0.481 e. The molecule has 0 spiro atoms. The van der Waals surface area contributed by atoms with Crippen molar-refractivity contribution in [3.63, 3.8) is 0 Å². The molecule has 0 saturated heterocycles. The van der Waals surface area contributed by atoms with Crippen LogP contribution >= 0.6 is 0 Å². The Kier molecular flexibility index (Phi) is 5.41. The van der Waals surface area contributed by atoms with Crippen molar-refractivity contribution in [2.24, 2.45) is 5.73 Å². The summed E-state index contributed by atoms with van der Waals surface area (Å²) in [5.74, 6) is -0.887. The number of carbonyl (C=O) groups is 2. The molecule has 98 valence electrons. The number of amides is 1. The molecule has 0 aromatic rings. The van der Waals surface area contributed by atoms with Crippen LogP contribution in [-0.2, 0) is 9.59 Å². The summed E-state index contributed by atoms with van der Waals surface area (Å²) in [6.45, 7) is 0.418. The third-order valence-electron chi connectivity index (χ3n) is 3.25. The van der Waals surface area contributed by atoms with Crippen LogP contribution in [0.3, 0.4) is 0 Å². The first-order chi connectivity index (χ1) is 8.02. The van der Waals surface area contributed by atoms with Crippen molar-refractivity contribution in [1.82, 2.24) is 5.32 Å². The first-order valence-corrected chi connectivity index (χ1v) is 6.29. The third kappa shape index (κ3) is 5.68. The fourth-order valence-corrected chi connectivity index (χ4v) is 2.28. The van der Waals surface area contributed by atoms with Gasteiger partial charge in [0, 0.05) is 24.9 Å². The summed E-state index contributed by atoms with van der Waals surface area (Å²) < 4.78 is 0. The molecular weight excluding hydrogens is 220 g/mol. The maximum atomic E-state index is 11.6. The molecule has 0 aliphatic heterocycles. The highest BCUT2D eigenvalue weighted by Gasteiger charge is 2.29. The van der Waals surface area contributed by atoms with E-state index in [9.17, 15) is 9.59 Å². The number of carbonyl (C=O) groups excluding carboxylic acids is 1. The van der Waals surface area contributed by atoms with Crippen LogP contribution in [0.25, 0.3) is 0 Å². The third-order valence-corrected chi connectivity index (χ3v) is 3.25. The average Bonchev–Trinajstić information content (AvgIpc) is 2.24. The number of aliphatic carboxylic acids is 1. The number of carboxylic acids is 1. The molecule has 0 heterocycles. The van der Waals surface area contributed by atoms with Gasteiger partial charge in [0.05, 0.1) is 0 Å². The fraction of sp³-hybridized carbons (Fsp3) is 0.833. The lowest BCUT2D eigenvalue weighted by atomic mass is 9.80. The number of nitrogens with two attached hydrogens (primary N) is 1. The summed E-state index contributed by atoms with van der Waals surface area (Å²) in [4.78, 5) is 21.9. The van der Waals surface area contributed by atoms with E-state index in [-0.39, 0.29) is 17.9 Å². The first-order valence-electron chi connectivity index (χ1n) is 6.29. The van der Waals surface area contributed by atoms with Crippen LogP contribution in [0.1, 0.15) is 51.4 Å². The Bertz CT molecular complexity index is 273. The van der Waals surface area contributed by atoms with Crippen molar-refractivity contribution >= 4 is 11.9 Å². The second-order valence-electron chi connectivity index (χ2n) is 4.95. The minimum atomic E-state index is -0.832. The summed E-state index contributed by atoms with van der Waals surface area (Å²) in [5, 5.41) is 11.2. The lowest BCUT2D eigenvalue weighted by molar-refractivity contribution is -0.137. The molecule has 0 aromatic carbocycles. The van der Waals surface area contributed by atoms with Crippen LogP contribution in [-0.4, -0.2) is 29.1 Å². The number of carboxylic acid groups (broad SMARTS) is 1. The average molecular weight is 242 g/mol. The highest BCUT2D eigenvalue weighted by Crippen LogP contribution is 2.28. The summed E-state index contributed by atoms with van der Waals surface area (Å²) in [6, 6.07) is 0. The Morgan fingerprint density at radius 2 is 1.88 bits per heavy atom. The molecule has 1 fully saturated rings. The normalized spacial score (nSPS) is 18.6. The van der Waals surface area contributed by atoms with Crippen LogP contribution in [0.4, 0.5) is 0 Å². The van der Waals surface area contributed by atoms with Crippen molar-refractivity contribution in [3.8, 4) is 0 Å². The van der Waals surface area contributed by atoms with Gasteiger partial charge in [-0.1, -0.05) is 19.3 Å². The summed E-state index contributed by atoms with van der Waals surface area (Å²) in [7, 11) is 0. The minimum absolute atomic E-state index is 0.0558. The second-order valence-corrected chi connectivity index (χ2v) is 4.95. The van der Waals surface area contributed by atoms with E-state index >= 15 is 0 Å². The van der Waals surface area contributed by atoms with Gasteiger partial charge in [0.1, 0.15) is 0 Å². The molecule has 1 saturated carbocycles.